The van der Waals surface area contributed by atoms with Crippen molar-refractivity contribution in [3.05, 3.63) is 97.1 Å². The standard InChI is InChI=1S/C12H12N4.C12H12N2O.C10H8O6/c13-9-1-5-11(6-2-9)15-16-12-7-3-10(14)4-8-12;13-9-1-5-11(6-2-9)15-12-7-3-10(14)4-8-12;11-6-2-3-4-1-5(7(3)10(14)15-6)9(13)16-8(4)12/h1-8H,13-14H2;1-8H,13-14H2;3-5,7H,1-2H2. The predicted molar refractivity (Wildman–Crippen MR) is 173 cm³/mol. The van der Waals surface area contributed by atoms with E-state index in [-0.39, 0.29) is 6.42 Å². The number of cyclic esters (lactones) is 4. The van der Waals surface area contributed by atoms with Gasteiger partial charge in [-0.3, -0.25) is 19.2 Å². The smallest absolute Gasteiger partial charge is 0.317 e. The average Bonchev–Trinajstić information content (AvgIpc) is 3.40. The average molecular weight is 637 g/mol. The third-order valence-electron chi connectivity index (χ3n) is 7.68. The Morgan fingerprint density at radius 3 is 1.38 bits per heavy atom. The summed E-state index contributed by atoms with van der Waals surface area (Å²) in [5.74, 6) is -3.31. The van der Waals surface area contributed by atoms with Crippen LogP contribution in [0.4, 0.5) is 34.1 Å². The van der Waals surface area contributed by atoms with Crippen molar-refractivity contribution in [1.82, 2.24) is 0 Å². The molecule has 0 radical (unpaired) electrons. The molecule has 3 aliphatic rings. The molecule has 2 bridgehead atoms. The largest absolute Gasteiger partial charge is 0.457 e. The number of hydrogen-bond acceptors (Lipinski definition) is 13. The van der Waals surface area contributed by atoms with Crippen molar-refractivity contribution in [2.45, 2.75) is 12.8 Å². The lowest BCUT2D eigenvalue weighted by Crippen LogP contribution is -2.37. The molecular formula is C34H32N6O7. The van der Waals surface area contributed by atoms with Crippen molar-refractivity contribution >= 4 is 58.0 Å². The van der Waals surface area contributed by atoms with E-state index in [2.05, 4.69) is 19.7 Å². The van der Waals surface area contributed by atoms with Crippen LogP contribution in [-0.2, 0) is 28.7 Å². The van der Waals surface area contributed by atoms with Crippen LogP contribution in [0.15, 0.2) is 107 Å². The lowest BCUT2D eigenvalue weighted by atomic mass is 9.83. The lowest BCUT2D eigenvalue weighted by Gasteiger charge is -2.24. The van der Waals surface area contributed by atoms with Crippen LogP contribution < -0.4 is 27.7 Å². The van der Waals surface area contributed by atoms with Gasteiger partial charge in [-0.15, -0.1) is 0 Å². The normalized spacial score (nSPS) is 20.9. The van der Waals surface area contributed by atoms with Gasteiger partial charge in [0.1, 0.15) is 11.5 Å². The molecule has 7 rings (SSSR count). The Morgan fingerprint density at radius 1 is 0.532 bits per heavy atom. The molecule has 2 aliphatic heterocycles. The number of esters is 4. The van der Waals surface area contributed by atoms with E-state index >= 15 is 0 Å². The van der Waals surface area contributed by atoms with Gasteiger partial charge in [0, 0.05) is 22.7 Å². The zero-order valence-electron chi connectivity index (χ0n) is 25.0. The van der Waals surface area contributed by atoms with E-state index in [9.17, 15) is 19.2 Å². The van der Waals surface area contributed by atoms with Gasteiger partial charge >= 0.3 is 23.9 Å². The number of nitrogens with zero attached hydrogens (tertiary/aromatic N) is 2. The van der Waals surface area contributed by atoms with Crippen molar-refractivity contribution in [3.8, 4) is 11.5 Å². The zero-order chi connectivity index (χ0) is 33.5. The van der Waals surface area contributed by atoms with E-state index in [1.165, 1.54) is 0 Å². The molecule has 3 fully saturated rings. The Balaban J connectivity index is 0.000000138. The van der Waals surface area contributed by atoms with Gasteiger partial charge in [-0.25, -0.2) is 0 Å². The molecule has 4 unspecified atom stereocenters. The maximum absolute atomic E-state index is 11.5. The van der Waals surface area contributed by atoms with Crippen LogP contribution in [0.5, 0.6) is 11.5 Å². The van der Waals surface area contributed by atoms with Gasteiger partial charge in [-0.2, -0.15) is 10.2 Å². The highest BCUT2D eigenvalue weighted by molar-refractivity contribution is 5.99. The second kappa shape index (κ2) is 14.2. The minimum Gasteiger partial charge on any atom is -0.457 e. The first-order valence-corrected chi connectivity index (χ1v) is 14.6. The fourth-order valence-electron chi connectivity index (χ4n) is 5.34. The Hall–Kier alpha value is -6.24. The van der Waals surface area contributed by atoms with Crippen LogP contribution in [0.2, 0.25) is 0 Å². The molecule has 1 saturated carbocycles. The highest BCUT2D eigenvalue weighted by Gasteiger charge is 2.60. The fraction of sp³-hybridized carbons (Fsp3) is 0.176. The maximum Gasteiger partial charge on any atom is 0.317 e. The number of rotatable bonds is 4. The Kier molecular flexibility index (Phi) is 9.75. The van der Waals surface area contributed by atoms with E-state index in [4.69, 9.17) is 27.7 Å². The number of nitrogens with two attached hydrogens (primary N) is 4. The van der Waals surface area contributed by atoms with Crippen molar-refractivity contribution in [2.24, 2.45) is 33.9 Å². The van der Waals surface area contributed by atoms with E-state index in [1.807, 2.05) is 48.5 Å². The first-order valence-electron chi connectivity index (χ1n) is 14.6. The third-order valence-corrected chi connectivity index (χ3v) is 7.68. The minimum absolute atomic E-state index is 0.0138. The number of carbonyl (C=O) groups excluding carboxylic acids is 4. The molecular weight excluding hydrogens is 604 g/mol. The monoisotopic (exact) mass is 636 g/mol. The van der Waals surface area contributed by atoms with Crippen molar-refractivity contribution in [2.75, 3.05) is 22.9 Å². The molecule has 4 aromatic rings. The lowest BCUT2D eigenvalue weighted by molar-refractivity contribution is -0.174. The number of ether oxygens (including phenoxy) is 3. The van der Waals surface area contributed by atoms with Crippen molar-refractivity contribution < 1.29 is 33.4 Å². The second-order valence-corrected chi connectivity index (χ2v) is 11.0. The fourth-order valence-corrected chi connectivity index (χ4v) is 5.34. The summed E-state index contributed by atoms with van der Waals surface area (Å²) < 4.78 is 14.6. The molecule has 2 saturated heterocycles. The molecule has 4 atom stereocenters. The molecule has 0 spiro atoms. The first-order chi connectivity index (χ1) is 22.5. The van der Waals surface area contributed by atoms with Crippen LogP contribution in [0, 0.1) is 23.7 Å². The molecule has 0 amide bonds. The topological polar surface area (TPSA) is 225 Å². The molecule has 2 heterocycles. The van der Waals surface area contributed by atoms with E-state index in [0.717, 1.165) is 34.2 Å². The van der Waals surface area contributed by atoms with Crippen molar-refractivity contribution in [3.63, 3.8) is 0 Å². The van der Waals surface area contributed by atoms with Gasteiger partial charge in [0.05, 0.1) is 35.5 Å². The van der Waals surface area contributed by atoms with Gasteiger partial charge in [-0.1, -0.05) is 0 Å². The molecule has 0 aromatic heterocycles. The summed E-state index contributed by atoms with van der Waals surface area (Å²) in [6, 6.07) is 28.9. The Labute approximate surface area is 269 Å². The van der Waals surface area contributed by atoms with Gasteiger partial charge < -0.3 is 37.1 Å². The number of fused-ring (bicyclic) bond motifs is 5. The van der Waals surface area contributed by atoms with Crippen LogP contribution >= 0.6 is 0 Å². The van der Waals surface area contributed by atoms with Gasteiger partial charge in [-0.05, 0) is 109 Å². The second-order valence-electron chi connectivity index (χ2n) is 11.0. The Morgan fingerprint density at radius 2 is 0.936 bits per heavy atom. The highest BCUT2D eigenvalue weighted by atomic mass is 16.6. The number of nitrogen functional groups attached to an aromatic ring is 4. The molecule has 1 aliphatic carbocycles. The first kappa shape index (κ1) is 32.2. The van der Waals surface area contributed by atoms with Crippen LogP contribution in [0.1, 0.15) is 12.8 Å². The molecule has 8 N–H and O–H groups in total. The zero-order valence-corrected chi connectivity index (χ0v) is 25.0. The molecule has 4 aromatic carbocycles. The molecule has 13 nitrogen and oxygen atoms in total. The van der Waals surface area contributed by atoms with Crippen LogP contribution in [0.25, 0.3) is 0 Å². The number of azo groups is 1. The summed E-state index contributed by atoms with van der Waals surface area (Å²) in [4.78, 5) is 45.5. The SMILES string of the molecule is Nc1ccc(N=Nc2ccc(N)cc2)cc1.Nc1ccc(Oc2ccc(N)cc2)cc1.O=C1CC2C3CC(C(=O)OC3=O)C2C(=O)O1. The van der Waals surface area contributed by atoms with E-state index in [0.29, 0.717) is 17.8 Å². The number of hydrogen-bond donors (Lipinski definition) is 4. The Bertz CT molecular complexity index is 1690. The van der Waals surface area contributed by atoms with Crippen LogP contribution in [-0.4, -0.2) is 23.9 Å². The molecule has 13 heteroatoms. The maximum atomic E-state index is 11.5. The summed E-state index contributed by atoms with van der Waals surface area (Å²) in [6.07, 6.45) is 0.315. The summed E-state index contributed by atoms with van der Waals surface area (Å²) in [5.41, 5.74) is 26.7. The van der Waals surface area contributed by atoms with Gasteiger partial charge in [0.15, 0.2) is 0 Å². The van der Waals surface area contributed by atoms with E-state index < -0.39 is 47.5 Å². The molecule has 240 valence electrons. The van der Waals surface area contributed by atoms with Crippen LogP contribution in [0.3, 0.4) is 0 Å². The predicted octanol–water partition coefficient (Wildman–Crippen LogP) is 5.32. The summed E-state index contributed by atoms with van der Waals surface area (Å²) in [6.45, 7) is 0. The quantitative estimate of drug-likeness (QED) is 0.0970. The number of anilines is 4. The molecule has 47 heavy (non-hydrogen) atoms. The number of benzene rings is 4. The van der Waals surface area contributed by atoms with Gasteiger partial charge in [0.2, 0.25) is 0 Å². The van der Waals surface area contributed by atoms with E-state index in [1.54, 1.807) is 48.5 Å². The van der Waals surface area contributed by atoms with Gasteiger partial charge in [0.25, 0.3) is 0 Å². The van der Waals surface area contributed by atoms with Crippen molar-refractivity contribution in [1.29, 1.82) is 0 Å². The third kappa shape index (κ3) is 8.28. The summed E-state index contributed by atoms with van der Waals surface area (Å²) in [7, 11) is 0. The summed E-state index contributed by atoms with van der Waals surface area (Å²) >= 11 is 0. The minimum atomic E-state index is -0.694. The highest BCUT2D eigenvalue weighted by Crippen LogP contribution is 2.49. The number of carbonyl (C=O) groups is 4. The summed E-state index contributed by atoms with van der Waals surface area (Å²) in [5, 5.41) is 8.15.